The van der Waals surface area contributed by atoms with E-state index in [1.807, 2.05) is 55.6 Å². The lowest BCUT2D eigenvalue weighted by Crippen LogP contribution is -2.27. The summed E-state index contributed by atoms with van der Waals surface area (Å²) in [7, 11) is 5.13. The highest BCUT2D eigenvalue weighted by Gasteiger charge is 2.09. The first kappa shape index (κ1) is 18.2. The van der Waals surface area contributed by atoms with Gasteiger partial charge in [-0.3, -0.25) is 4.79 Å². The summed E-state index contributed by atoms with van der Waals surface area (Å²) in [4.78, 5) is 14.0. The van der Waals surface area contributed by atoms with Crippen LogP contribution < -0.4 is 9.47 Å². The molecule has 128 valence electrons. The van der Waals surface area contributed by atoms with E-state index in [1.165, 1.54) is 5.56 Å². The van der Waals surface area contributed by atoms with Gasteiger partial charge in [-0.15, -0.1) is 11.8 Å². The largest absolute Gasteiger partial charge is 0.497 e. The summed E-state index contributed by atoms with van der Waals surface area (Å²) in [5, 5.41) is 0. The van der Waals surface area contributed by atoms with E-state index in [-0.39, 0.29) is 5.91 Å². The minimum Gasteiger partial charge on any atom is -0.497 e. The average molecular weight is 345 g/mol. The molecule has 0 aliphatic rings. The zero-order valence-corrected chi connectivity index (χ0v) is 15.1. The van der Waals surface area contributed by atoms with Crippen LogP contribution in [-0.2, 0) is 17.1 Å². The summed E-state index contributed by atoms with van der Waals surface area (Å²) in [5.74, 6) is 3.08. The lowest BCUT2D eigenvalue weighted by molar-refractivity contribution is -0.127. The third-order valence-corrected chi connectivity index (χ3v) is 4.65. The molecule has 0 unspecified atom stereocenters. The Bertz CT molecular complexity index is 641. The Labute approximate surface area is 147 Å². The molecule has 0 saturated carbocycles. The maximum Gasteiger partial charge on any atom is 0.232 e. The van der Waals surface area contributed by atoms with Crippen molar-refractivity contribution in [3.8, 4) is 11.5 Å². The van der Waals surface area contributed by atoms with E-state index in [0.717, 1.165) is 22.8 Å². The van der Waals surface area contributed by atoms with Gasteiger partial charge in [0.1, 0.15) is 11.5 Å². The zero-order valence-electron chi connectivity index (χ0n) is 14.3. The van der Waals surface area contributed by atoms with Crippen LogP contribution in [0.25, 0.3) is 0 Å². The van der Waals surface area contributed by atoms with Crippen LogP contribution in [0.5, 0.6) is 11.5 Å². The first-order valence-corrected chi connectivity index (χ1v) is 8.85. The number of nitrogens with zero attached hydrogens (tertiary/aromatic N) is 1. The van der Waals surface area contributed by atoms with Crippen LogP contribution in [0.3, 0.4) is 0 Å². The predicted molar refractivity (Wildman–Crippen MR) is 98.6 cm³/mol. The number of amides is 1. The van der Waals surface area contributed by atoms with E-state index < -0.39 is 0 Å². The van der Waals surface area contributed by atoms with E-state index in [9.17, 15) is 4.79 Å². The molecule has 0 radical (unpaired) electrons. The molecule has 0 bridgehead atoms. The molecule has 0 aliphatic heterocycles. The molecule has 0 atom stereocenters. The maximum absolute atomic E-state index is 12.2. The predicted octanol–water partition coefficient (Wildman–Crippen LogP) is 3.60. The van der Waals surface area contributed by atoms with Gasteiger partial charge in [-0.1, -0.05) is 24.3 Å². The highest BCUT2D eigenvalue weighted by Crippen LogP contribution is 2.17. The van der Waals surface area contributed by atoms with Crippen molar-refractivity contribution in [3.05, 3.63) is 59.7 Å². The summed E-state index contributed by atoms with van der Waals surface area (Å²) >= 11 is 1.62. The molecule has 24 heavy (non-hydrogen) atoms. The van der Waals surface area contributed by atoms with E-state index in [4.69, 9.17) is 9.47 Å². The summed E-state index contributed by atoms with van der Waals surface area (Å²) in [6.07, 6.45) is 0. The van der Waals surface area contributed by atoms with Crippen LogP contribution in [0.1, 0.15) is 11.1 Å². The van der Waals surface area contributed by atoms with Crippen molar-refractivity contribution in [1.29, 1.82) is 0 Å². The second kappa shape index (κ2) is 9.23. The Morgan fingerprint density at radius 2 is 1.42 bits per heavy atom. The van der Waals surface area contributed by atoms with Gasteiger partial charge in [0.05, 0.1) is 20.0 Å². The summed E-state index contributed by atoms with van der Waals surface area (Å²) in [6.45, 7) is 0.603. The normalized spacial score (nSPS) is 10.3. The molecule has 0 fully saturated rings. The standard InChI is InChI=1S/C19H23NO3S/c1-20(12-15-4-8-17(22-2)9-5-15)19(21)14-24-13-16-6-10-18(23-3)11-7-16/h4-11H,12-14H2,1-3H3. The van der Waals surface area contributed by atoms with Gasteiger partial charge in [-0.05, 0) is 35.4 Å². The second-order valence-electron chi connectivity index (χ2n) is 5.44. The average Bonchev–Trinajstić information content (AvgIpc) is 2.62. The Morgan fingerprint density at radius 1 is 0.917 bits per heavy atom. The molecular weight excluding hydrogens is 322 g/mol. The van der Waals surface area contributed by atoms with Crippen molar-refractivity contribution in [2.45, 2.75) is 12.3 Å². The SMILES string of the molecule is COc1ccc(CSCC(=O)N(C)Cc2ccc(OC)cc2)cc1. The first-order chi connectivity index (χ1) is 11.6. The molecule has 0 aliphatic carbocycles. The van der Waals surface area contributed by atoms with E-state index in [1.54, 1.807) is 30.9 Å². The van der Waals surface area contributed by atoms with Crippen molar-refractivity contribution >= 4 is 17.7 Å². The minimum atomic E-state index is 0.129. The molecule has 4 nitrogen and oxygen atoms in total. The van der Waals surface area contributed by atoms with Crippen molar-refractivity contribution in [2.24, 2.45) is 0 Å². The van der Waals surface area contributed by atoms with Gasteiger partial charge in [0.2, 0.25) is 5.91 Å². The minimum absolute atomic E-state index is 0.129. The third kappa shape index (κ3) is 5.49. The van der Waals surface area contributed by atoms with Crippen LogP contribution in [0.15, 0.2) is 48.5 Å². The van der Waals surface area contributed by atoms with Gasteiger partial charge in [-0.25, -0.2) is 0 Å². The summed E-state index contributed by atoms with van der Waals surface area (Å²) in [6, 6.07) is 15.7. The molecule has 0 aromatic heterocycles. The van der Waals surface area contributed by atoms with Crippen LogP contribution in [-0.4, -0.2) is 37.8 Å². The lowest BCUT2D eigenvalue weighted by atomic mass is 10.2. The number of ether oxygens (including phenoxy) is 2. The zero-order chi connectivity index (χ0) is 17.4. The van der Waals surface area contributed by atoms with Gasteiger partial charge < -0.3 is 14.4 Å². The Balaban J connectivity index is 1.76. The molecule has 0 heterocycles. The van der Waals surface area contributed by atoms with Crippen molar-refractivity contribution in [3.63, 3.8) is 0 Å². The summed E-state index contributed by atoms with van der Waals surface area (Å²) < 4.78 is 10.3. The quantitative estimate of drug-likeness (QED) is 0.733. The first-order valence-electron chi connectivity index (χ1n) is 7.70. The highest BCUT2D eigenvalue weighted by molar-refractivity contribution is 7.99. The fourth-order valence-electron chi connectivity index (χ4n) is 2.18. The number of thioether (sulfide) groups is 1. The molecule has 0 spiro atoms. The second-order valence-corrected chi connectivity index (χ2v) is 6.42. The Morgan fingerprint density at radius 3 is 1.92 bits per heavy atom. The van der Waals surface area contributed by atoms with Gasteiger partial charge in [0.15, 0.2) is 0 Å². The number of carbonyl (C=O) groups excluding carboxylic acids is 1. The number of benzene rings is 2. The van der Waals surface area contributed by atoms with Gasteiger partial charge in [-0.2, -0.15) is 0 Å². The molecule has 2 rings (SSSR count). The van der Waals surface area contributed by atoms with Crippen LogP contribution in [0.2, 0.25) is 0 Å². The number of hydrogen-bond donors (Lipinski definition) is 0. The van der Waals surface area contributed by atoms with Gasteiger partial charge in [0, 0.05) is 19.3 Å². The van der Waals surface area contributed by atoms with E-state index >= 15 is 0 Å². The Kier molecular flexibility index (Phi) is 7.00. The van der Waals surface area contributed by atoms with Crippen molar-refractivity contribution in [2.75, 3.05) is 27.0 Å². The molecule has 2 aromatic rings. The number of carbonyl (C=O) groups is 1. The molecule has 5 heteroatoms. The molecule has 1 amide bonds. The lowest BCUT2D eigenvalue weighted by Gasteiger charge is -2.17. The monoisotopic (exact) mass is 345 g/mol. The maximum atomic E-state index is 12.2. The molecule has 0 saturated heterocycles. The van der Waals surface area contributed by atoms with Crippen LogP contribution >= 0.6 is 11.8 Å². The molecular formula is C19H23NO3S. The fourth-order valence-corrected chi connectivity index (χ4v) is 3.11. The smallest absolute Gasteiger partial charge is 0.232 e. The van der Waals surface area contributed by atoms with Gasteiger partial charge in [0.25, 0.3) is 0 Å². The fraction of sp³-hybridized carbons (Fsp3) is 0.316. The van der Waals surface area contributed by atoms with Crippen LogP contribution in [0, 0.1) is 0 Å². The third-order valence-electron chi connectivity index (χ3n) is 3.66. The van der Waals surface area contributed by atoms with E-state index in [2.05, 4.69) is 0 Å². The number of rotatable bonds is 8. The Hall–Kier alpha value is -2.14. The van der Waals surface area contributed by atoms with Gasteiger partial charge >= 0.3 is 0 Å². The van der Waals surface area contributed by atoms with E-state index in [0.29, 0.717) is 12.3 Å². The summed E-state index contributed by atoms with van der Waals surface area (Å²) in [5.41, 5.74) is 2.28. The number of hydrogen-bond acceptors (Lipinski definition) is 4. The topological polar surface area (TPSA) is 38.8 Å². The highest BCUT2D eigenvalue weighted by atomic mass is 32.2. The molecule has 2 aromatic carbocycles. The molecule has 0 N–H and O–H groups in total. The van der Waals surface area contributed by atoms with Crippen molar-refractivity contribution in [1.82, 2.24) is 4.90 Å². The van der Waals surface area contributed by atoms with Crippen molar-refractivity contribution < 1.29 is 14.3 Å². The van der Waals surface area contributed by atoms with Crippen LogP contribution in [0.4, 0.5) is 0 Å². The number of methoxy groups -OCH3 is 2.